The average Bonchev–Trinajstić information content (AvgIpc) is 2.77. The zero-order valence-electron chi connectivity index (χ0n) is 15.8. The number of ether oxygens (including phenoxy) is 2. The van der Waals surface area contributed by atoms with Gasteiger partial charge in [-0.15, -0.1) is 0 Å². The second-order valence-corrected chi connectivity index (χ2v) is 6.58. The molecular formula is C20H23N5O3. The molecule has 0 bridgehead atoms. The lowest BCUT2D eigenvalue weighted by molar-refractivity contribution is 0.0832. The van der Waals surface area contributed by atoms with Crippen molar-refractivity contribution in [1.29, 1.82) is 5.26 Å². The molecule has 1 aromatic carbocycles. The molecule has 0 radical (unpaired) electrons. The normalized spacial score (nSPS) is 14.2. The number of likely N-dealkylation sites (tertiary alicyclic amines) is 1. The zero-order valence-corrected chi connectivity index (χ0v) is 15.8. The van der Waals surface area contributed by atoms with Gasteiger partial charge >= 0.3 is 6.09 Å². The number of benzene rings is 1. The molecule has 1 fully saturated rings. The second-order valence-electron chi connectivity index (χ2n) is 6.58. The molecule has 1 aliphatic heterocycles. The molecule has 8 nitrogen and oxygen atoms in total. The van der Waals surface area contributed by atoms with Crippen LogP contribution in [0.15, 0.2) is 36.5 Å². The average molecular weight is 381 g/mol. The van der Waals surface area contributed by atoms with E-state index in [0.717, 1.165) is 18.4 Å². The van der Waals surface area contributed by atoms with Gasteiger partial charge in [-0.3, -0.25) is 0 Å². The fourth-order valence-corrected chi connectivity index (χ4v) is 3.06. The molecule has 0 saturated carbocycles. The van der Waals surface area contributed by atoms with Crippen molar-refractivity contribution in [1.82, 2.24) is 14.9 Å². The highest BCUT2D eigenvalue weighted by molar-refractivity contribution is 5.67. The number of piperidine rings is 1. The largest absolute Gasteiger partial charge is 0.478 e. The SMILES string of the molecule is COc1nc(C#N)cnc1NCC1CCN(C(=O)OCc2ccccc2)CC1. The number of hydrogen-bond acceptors (Lipinski definition) is 7. The molecule has 2 heterocycles. The van der Waals surface area contributed by atoms with Gasteiger partial charge in [0.2, 0.25) is 0 Å². The van der Waals surface area contributed by atoms with Gasteiger partial charge in [-0.1, -0.05) is 30.3 Å². The van der Waals surface area contributed by atoms with Crippen LogP contribution in [0, 0.1) is 17.2 Å². The maximum atomic E-state index is 12.2. The minimum absolute atomic E-state index is 0.213. The predicted octanol–water partition coefficient (Wildman–Crippen LogP) is 2.82. The predicted molar refractivity (Wildman–Crippen MR) is 103 cm³/mol. The van der Waals surface area contributed by atoms with Crippen molar-refractivity contribution in [3.63, 3.8) is 0 Å². The van der Waals surface area contributed by atoms with Crippen LogP contribution in [0.5, 0.6) is 5.88 Å². The lowest BCUT2D eigenvalue weighted by atomic mass is 9.97. The zero-order chi connectivity index (χ0) is 19.8. The number of carbonyl (C=O) groups is 1. The summed E-state index contributed by atoms with van der Waals surface area (Å²) in [4.78, 5) is 22.3. The Kier molecular flexibility index (Phi) is 6.63. The van der Waals surface area contributed by atoms with Gasteiger partial charge in [0.05, 0.1) is 13.3 Å². The summed E-state index contributed by atoms with van der Waals surface area (Å²) < 4.78 is 10.6. The molecule has 1 N–H and O–H groups in total. The number of hydrogen-bond donors (Lipinski definition) is 1. The molecule has 2 aromatic rings. The number of amides is 1. The van der Waals surface area contributed by atoms with Gasteiger partial charge in [-0.05, 0) is 24.3 Å². The molecule has 8 heteroatoms. The maximum Gasteiger partial charge on any atom is 0.410 e. The Morgan fingerprint density at radius 3 is 2.75 bits per heavy atom. The quantitative estimate of drug-likeness (QED) is 0.821. The van der Waals surface area contributed by atoms with Crippen molar-refractivity contribution in [3.8, 4) is 11.9 Å². The summed E-state index contributed by atoms with van der Waals surface area (Å²) in [5.74, 6) is 1.23. The van der Waals surface area contributed by atoms with Crippen molar-refractivity contribution >= 4 is 11.9 Å². The molecule has 0 atom stereocenters. The Morgan fingerprint density at radius 1 is 1.32 bits per heavy atom. The molecule has 1 amide bonds. The highest BCUT2D eigenvalue weighted by Gasteiger charge is 2.24. The van der Waals surface area contributed by atoms with E-state index in [0.29, 0.717) is 37.3 Å². The Balaban J connectivity index is 1.43. The van der Waals surface area contributed by atoms with E-state index in [-0.39, 0.29) is 18.4 Å². The van der Waals surface area contributed by atoms with Crippen LogP contribution >= 0.6 is 0 Å². The van der Waals surface area contributed by atoms with E-state index in [4.69, 9.17) is 14.7 Å². The first kappa shape index (κ1) is 19.4. The Bertz CT molecular complexity index is 829. The summed E-state index contributed by atoms with van der Waals surface area (Å²) in [6.07, 6.45) is 2.89. The summed E-state index contributed by atoms with van der Waals surface area (Å²) in [6.45, 7) is 2.31. The van der Waals surface area contributed by atoms with Crippen LogP contribution < -0.4 is 10.1 Å². The van der Waals surface area contributed by atoms with E-state index in [1.54, 1.807) is 4.90 Å². The van der Waals surface area contributed by atoms with E-state index in [1.165, 1.54) is 13.3 Å². The maximum absolute atomic E-state index is 12.2. The molecule has 28 heavy (non-hydrogen) atoms. The molecule has 0 aliphatic carbocycles. The number of carbonyl (C=O) groups excluding carboxylic acids is 1. The Labute approximate surface area is 164 Å². The van der Waals surface area contributed by atoms with Crippen molar-refractivity contribution < 1.29 is 14.3 Å². The van der Waals surface area contributed by atoms with Crippen LogP contribution in [0.4, 0.5) is 10.6 Å². The van der Waals surface area contributed by atoms with Gasteiger partial charge < -0.3 is 19.7 Å². The summed E-state index contributed by atoms with van der Waals surface area (Å²) in [7, 11) is 1.50. The molecule has 1 aromatic heterocycles. The van der Waals surface area contributed by atoms with Crippen LogP contribution in [-0.4, -0.2) is 47.7 Å². The van der Waals surface area contributed by atoms with Crippen molar-refractivity contribution in [2.24, 2.45) is 5.92 Å². The molecule has 1 aliphatic rings. The van der Waals surface area contributed by atoms with E-state index in [9.17, 15) is 4.79 Å². The minimum Gasteiger partial charge on any atom is -0.478 e. The minimum atomic E-state index is -0.269. The van der Waals surface area contributed by atoms with Gasteiger partial charge in [0, 0.05) is 19.6 Å². The fraction of sp³-hybridized carbons (Fsp3) is 0.400. The first-order valence-electron chi connectivity index (χ1n) is 9.20. The van der Waals surface area contributed by atoms with E-state index in [2.05, 4.69) is 15.3 Å². The molecule has 146 valence electrons. The Hall–Kier alpha value is -3.34. The van der Waals surface area contributed by atoms with Crippen LogP contribution in [0.3, 0.4) is 0 Å². The van der Waals surface area contributed by atoms with Crippen molar-refractivity contribution in [3.05, 3.63) is 47.8 Å². The highest BCUT2D eigenvalue weighted by Crippen LogP contribution is 2.22. The number of aromatic nitrogens is 2. The standard InChI is InChI=1S/C20H23N5O3/c1-27-19-18(23-13-17(11-21)24-19)22-12-15-7-9-25(10-8-15)20(26)28-14-16-5-3-2-4-6-16/h2-6,13,15H,7-10,12,14H2,1H3,(H,22,23). The first-order chi connectivity index (χ1) is 13.7. The van der Waals surface area contributed by atoms with Crippen LogP contribution in [0.1, 0.15) is 24.1 Å². The van der Waals surface area contributed by atoms with Gasteiger partial charge in [0.15, 0.2) is 11.5 Å². The monoisotopic (exact) mass is 381 g/mol. The topological polar surface area (TPSA) is 100 Å². The van der Waals surface area contributed by atoms with Crippen LogP contribution in [0.2, 0.25) is 0 Å². The summed E-state index contributed by atoms with van der Waals surface area (Å²) in [6, 6.07) is 11.6. The lowest BCUT2D eigenvalue weighted by Crippen LogP contribution is -2.40. The van der Waals surface area contributed by atoms with Gasteiger partial charge in [0.1, 0.15) is 12.7 Å². The van der Waals surface area contributed by atoms with Gasteiger partial charge in [0.25, 0.3) is 5.88 Å². The third-order valence-corrected chi connectivity index (χ3v) is 4.68. The van der Waals surface area contributed by atoms with E-state index < -0.39 is 0 Å². The summed E-state index contributed by atoms with van der Waals surface area (Å²) in [5.41, 5.74) is 1.19. The number of methoxy groups -OCH3 is 1. The molecule has 0 unspecified atom stereocenters. The number of nitrogens with zero attached hydrogens (tertiary/aromatic N) is 4. The summed E-state index contributed by atoms with van der Waals surface area (Å²) in [5, 5.41) is 12.1. The van der Waals surface area contributed by atoms with E-state index in [1.807, 2.05) is 36.4 Å². The second kappa shape index (κ2) is 9.55. The number of nitriles is 1. The third-order valence-electron chi connectivity index (χ3n) is 4.68. The fourth-order valence-electron chi connectivity index (χ4n) is 3.06. The molecular weight excluding hydrogens is 358 g/mol. The number of nitrogens with one attached hydrogen (secondary N) is 1. The first-order valence-corrected chi connectivity index (χ1v) is 9.20. The van der Waals surface area contributed by atoms with Gasteiger partial charge in [-0.2, -0.15) is 10.2 Å². The smallest absolute Gasteiger partial charge is 0.410 e. The Morgan fingerprint density at radius 2 is 2.07 bits per heavy atom. The van der Waals surface area contributed by atoms with Crippen molar-refractivity contribution in [2.75, 3.05) is 32.1 Å². The molecule has 0 spiro atoms. The third kappa shape index (κ3) is 5.10. The van der Waals surface area contributed by atoms with Crippen LogP contribution in [0.25, 0.3) is 0 Å². The number of rotatable bonds is 6. The highest BCUT2D eigenvalue weighted by atomic mass is 16.6. The lowest BCUT2D eigenvalue weighted by Gasteiger charge is -2.31. The van der Waals surface area contributed by atoms with Gasteiger partial charge in [-0.25, -0.2) is 9.78 Å². The molecule has 1 saturated heterocycles. The van der Waals surface area contributed by atoms with Crippen LogP contribution in [-0.2, 0) is 11.3 Å². The number of anilines is 1. The van der Waals surface area contributed by atoms with E-state index >= 15 is 0 Å². The summed E-state index contributed by atoms with van der Waals surface area (Å²) >= 11 is 0. The van der Waals surface area contributed by atoms with Crippen molar-refractivity contribution in [2.45, 2.75) is 19.4 Å². The molecule has 3 rings (SSSR count).